The summed E-state index contributed by atoms with van der Waals surface area (Å²) in [6.07, 6.45) is -3.74. The average molecular weight is 494 g/mol. The van der Waals surface area contributed by atoms with Crippen molar-refractivity contribution < 1.29 is 27.4 Å². The van der Waals surface area contributed by atoms with Crippen LogP contribution in [0.2, 0.25) is 0 Å². The Hall–Kier alpha value is -4.27. The molecule has 0 saturated carbocycles. The van der Waals surface area contributed by atoms with E-state index in [4.69, 9.17) is 14.2 Å². The van der Waals surface area contributed by atoms with Crippen LogP contribution in [0.4, 0.5) is 13.2 Å². The molecule has 4 aromatic rings. The molecular weight excluding hydrogens is 473 g/mol. The van der Waals surface area contributed by atoms with E-state index in [1.165, 1.54) is 12.1 Å². The molecule has 1 aliphatic heterocycles. The summed E-state index contributed by atoms with van der Waals surface area (Å²) in [5.41, 5.74) is 2.37. The number of halogens is 3. The van der Waals surface area contributed by atoms with Gasteiger partial charge in [-0.3, -0.25) is 4.57 Å². The van der Waals surface area contributed by atoms with Crippen molar-refractivity contribution in [2.24, 2.45) is 0 Å². The maximum absolute atomic E-state index is 12.9. The zero-order valence-electron chi connectivity index (χ0n) is 19.2. The Morgan fingerprint density at radius 1 is 0.944 bits per heavy atom. The molecule has 36 heavy (non-hydrogen) atoms. The summed E-state index contributed by atoms with van der Waals surface area (Å²) in [7, 11) is 1.61. The minimum atomic E-state index is -4.44. The highest BCUT2D eigenvalue weighted by Crippen LogP contribution is 2.34. The Labute approximate surface area is 204 Å². The van der Waals surface area contributed by atoms with E-state index < -0.39 is 11.7 Å². The molecule has 0 aliphatic carbocycles. The van der Waals surface area contributed by atoms with Crippen molar-refractivity contribution in [3.8, 4) is 34.4 Å². The number of fused-ring (bicyclic) bond motifs is 3. The fourth-order valence-electron chi connectivity index (χ4n) is 4.07. The third kappa shape index (κ3) is 4.91. The van der Waals surface area contributed by atoms with Crippen molar-refractivity contribution in [2.75, 3.05) is 7.11 Å². The molecule has 0 radical (unpaired) electrons. The van der Waals surface area contributed by atoms with Gasteiger partial charge < -0.3 is 14.2 Å². The molecule has 0 bridgehead atoms. The molecular formula is C27H21F3N2O4. The first kappa shape index (κ1) is 23.5. The second-order valence-corrected chi connectivity index (χ2v) is 8.25. The predicted molar refractivity (Wildman–Crippen MR) is 126 cm³/mol. The minimum absolute atomic E-state index is 0.0884. The molecule has 0 spiro atoms. The number of methoxy groups -OCH3 is 1. The van der Waals surface area contributed by atoms with E-state index in [-0.39, 0.29) is 23.9 Å². The number of alkyl halides is 3. The van der Waals surface area contributed by atoms with Crippen LogP contribution in [0.1, 0.15) is 16.7 Å². The van der Waals surface area contributed by atoms with Gasteiger partial charge in [-0.25, -0.2) is 4.79 Å². The number of nitrogens with zero attached hydrogens (tertiary/aromatic N) is 2. The first-order valence-electron chi connectivity index (χ1n) is 11.2. The highest BCUT2D eigenvalue weighted by Gasteiger charge is 2.30. The summed E-state index contributed by atoms with van der Waals surface area (Å²) in [5.74, 6) is 1.44. The van der Waals surface area contributed by atoms with Crippen LogP contribution in [0, 0.1) is 0 Å². The fourth-order valence-corrected chi connectivity index (χ4v) is 4.07. The highest BCUT2D eigenvalue weighted by molar-refractivity contribution is 5.67. The number of ether oxygens (including phenoxy) is 3. The summed E-state index contributed by atoms with van der Waals surface area (Å²) >= 11 is 0. The van der Waals surface area contributed by atoms with E-state index in [2.05, 4.69) is 4.98 Å². The lowest BCUT2D eigenvalue weighted by atomic mass is 9.97. The number of benzene rings is 3. The maximum atomic E-state index is 12.9. The number of hydrogen-bond donors (Lipinski definition) is 0. The third-order valence-electron chi connectivity index (χ3n) is 5.89. The van der Waals surface area contributed by atoms with Gasteiger partial charge in [0.05, 0.1) is 18.4 Å². The zero-order valence-corrected chi connectivity index (χ0v) is 19.2. The van der Waals surface area contributed by atoms with Crippen LogP contribution in [-0.4, -0.2) is 16.7 Å². The number of aromatic nitrogens is 2. The largest absolute Gasteiger partial charge is 0.497 e. The smallest absolute Gasteiger partial charge is 0.416 e. The molecule has 3 aromatic carbocycles. The topological polar surface area (TPSA) is 62.6 Å². The van der Waals surface area contributed by atoms with Gasteiger partial charge in [0.1, 0.15) is 23.9 Å². The summed E-state index contributed by atoms with van der Waals surface area (Å²) in [5, 5.41) is 0. The fraction of sp³-hybridized carbons (Fsp3) is 0.185. The Morgan fingerprint density at radius 3 is 2.47 bits per heavy atom. The lowest BCUT2D eigenvalue weighted by Gasteiger charge is -2.22. The van der Waals surface area contributed by atoms with Crippen molar-refractivity contribution in [2.45, 2.75) is 25.7 Å². The monoisotopic (exact) mass is 494 g/mol. The van der Waals surface area contributed by atoms with Crippen LogP contribution in [0.5, 0.6) is 23.1 Å². The number of aryl methyl sites for hydroxylation is 1. The zero-order chi connectivity index (χ0) is 25.3. The predicted octanol–water partition coefficient (Wildman–Crippen LogP) is 5.87. The van der Waals surface area contributed by atoms with Crippen LogP contribution in [0.3, 0.4) is 0 Å². The average Bonchev–Trinajstić information content (AvgIpc) is 2.87. The summed E-state index contributed by atoms with van der Waals surface area (Å²) in [6.45, 7) is 0.671. The molecule has 2 heterocycles. The van der Waals surface area contributed by atoms with E-state index in [9.17, 15) is 18.0 Å². The third-order valence-corrected chi connectivity index (χ3v) is 5.89. The van der Waals surface area contributed by atoms with Crippen LogP contribution in [0.15, 0.2) is 77.6 Å². The van der Waals surface area contributed by atoms with E-state index in [0.29, 0.717) is 18.7 Å². The highest BCUT2D eigenvalue weighted by atomic mass is 19.4. The van der Waals surface area contributed by atoms with Gasteiger partial charge in [-0.2, -0.15) is 18.2 Å². The second kappa shape index (κ2) is 9.41. The Bertz CT molecular complexity index is 1460. The molecule has 1 aliphatic rings. The SMILES string of the molecule is COc1ccc2c(c1)CCn1c-2cc(OCc2ccc(Oc3cccc(C(F)(F)F)c3)cc2)nc1=O. The molecule has 0 unspecified atom stereocenters. The van der Waals surface area contributed by atoms with Crippen molar-refractivity contribution >= 4 is 0 Å². The van der Waals surface area contributed by atoms with Crippen LogP contribution >= 0.6 is 0 Å². The van der Waals surface area contributed by atoms with Crippen LogP contribution in [-0.2, 0) is 25.7 Å². The van der Waals surface area contributed by atoms with Gasteiger partial charge in [0.15, 0.2) is 0 Å². The molecule has 0 fully saturated rings. The molecule has 0 saturated heterocycles. The molecule has 184 valence electrons. The first-order valence-corrected chi connectivity index (χ1v) is 11.2. The van der Waals surface area contributed by atoms with Gasteiger partial charge in [0.2, 0.25) is 5.88 Å². The summed E-state index contributed by atoms with van der Waals surface area (Å²) in [6, 6.07) is 18.9. The lowest BCUT2D eigenvalue weighted by molar-refractivity contribution is -0.137. The number of rotatable bonds is 6. The van der Waals surface area contributed by atoms with Gasteiger partial charge in [-0.05, 0) is 66.1 Å². The molecule has 0 atom stereocenters. The van der Waals surface area contributed by atoms with Gasteiger partial charge in [0.25, 0.3) is 0 Å². The van der Waals surface area contributed by atoms with Crippen LogP contribution in [0.25, 0.3) is 11.3 Å². The molecule has 6 nitrogen and oxygen atoms in total. The second-order valence-electron chi connectivity index (χ2n) is 8.25. The van der Waals surface area contributed by atoms with Gasteiger partial charge >= 0.3 is 11.9 Å². The van der Waals surface area contributed by atoms with E-state index >= 15 is 0 Å². The normalized spacial score (nSPS) is 12.4. The Kier molecular flexibility index (Phi) is 6.13. The molecule has 9 heteroatoms. The first-order chi connectivity index (χ1) is 17.3. The van der Waals surface area contributed by atoms with Crippen molar-refractivity contribution in [3.63, 3.8) is 0 Å². The van der Waals surface area contributed by atoms with E-state index in [1.807, 2.05) is 18.2 Å². The van der Waals surface area contributed by atoms with Crippen molar-refractivity contribution in [1.82, 2.24) is 9.55 Å². The summed E-state index contributed by atoms with van der Waals surface area (Å²) < 4.78 is 57.0. The minimum Gasteiger partial charge on any atom is -0.497 e. The standard InChI is InChI=1S/C27H21F3N2O4/c1-34-21-9-10-23-18(13-21)11-12-32-24(23)15-25(31-26(32)33)35-16-17-5-7-20(8-6-17)36-22-4-2-3-19(14-22)27(28,29)30/h2-10,13-15H,11-12,16H2,1H3. The van der Waals surface area contributed by atoms with E-state index in [0.717, 1.165) is 40.3 Å². The quantitative estimate of drug-likeness (QED) is 0.336. The van der Waals surface area contributed by atoms with Crippen molar-refractivity contribution in [3.05, 3.63) is 100.0 Å². The molecule has 5 rings (SSSR count). The Balaban J connectivity index is 1.29. The van der Waals surface area contributed by atoms with Gasteiger partial charge in [0, 0.05) is 18.2 Å². The van der Waals surface area contributed by atoms with Crippen molar-refractivity contribution in [1.29, 1.82) is 0 Å². The lowest BCUT2D eigenvalue weighted by Crippen LogP contribution is -2.28. The van der Waals surface area contributed by atoms with Gasteiger partial charge in [-0.15, -0.1) is 0 Å². The van der Waals surface area contributed by atoms with E-state index in [1.54, 1.807) is 42.0 Å². The van der Waals surface area contributed by atoms with Crippen LogP contribution < -0.4 is 19.9 Å². The summed E-state index contributed by atoms with van der Waals surface area (Å²) in [4.78, 5) is 16.6. The maximum Gasteiger partial charge on any atom is 0.416 e. The molecule has 1 aromatic heterocycles. The Morgan fingerprint density at radius 2 is 1.72 bits per heavy atom. The molecule has 0 amide bonds. The number of hydrogen-bond acceptors (Lipinski definition) is 5. The molecule has 0 N–H and O–H groups in total. The van der Waals surface area contributed by atoms with Gasteiger partial charge in [-0.1, -0.05) is 18.2 Å².